The average molecular weight is 460 g/mol. The molecule has 1 saturated heterocycles. The number of hydrogen-bond acceptors (Lipinski definition) is 7. The number of hydrogen-bond donors (Lipinski definition) is 3. The number of amides is 1. The maximum Gasteiger partial charge on any atom is 0.415 e. The van der Waals surface area contributed by atoms with E-state index in [0.717, 1.165) is 4.57 Å². The first kappa shape index (κ1) is 24.8. The first-order valence-electron chi connectivity index (χ1n) is 9.42. The minimum Gasteiger partial charge on any atom is -0.352 e. The van der Waals surface area contributed by atoms with Crippen molar-refractivity contribution in [1.82, 2.24) is 14.9 Å². The van der Waals surface area contributed by atoms with E-state index in [1.807, 2.05) is 21.1 Å². The van der Waals surface area contributed by atoms with Crippen LogP contribution in [0, 0.1) is 6.92 Å². The Balaban J connectivity index is 2.06. The van der Waals surface area contributed by atoms with Gasteiger partial charge in [0.05, 0.1) is 53.0 Å². The van der Waals surface area contributed by atoms with Crippen molar-refractivity contribution in [3.8, 4) is 0 Å². The normalized spacial score (nSPS) is 23.1. The molecular weight excluding hydrogens is 433 g/mol. The van der Waals surface area contributed by atoms with Gasteiger partial charge in [0.25, 0.3) is 5.56 Å². The van der Waals surface area contributed by atoms with Gasteiger partial charge in [-0.1, -0.05) is 5.11 Å². The van der Waals surface area contributed by atoms with Crippen molar-refractivity contribution < 1.29 is 28.0 Å². The molecule has 4 atom stereocenters. The largest absolute Gasteiger partial charge is 0.415 e. The van der Waals surface area contributed by atoms with Gasteiger partial charge in [-0.15, -0.1) is 0 Å². The number of azide groups is 1. The van der Waals surface area contributed by atoms with Crippen molar-refractivity contribution >= 4 is 13.2 Å². The third-order valence-corrected chi connectivity index (χ3v) is 5.76. The molecule has 2 rings (SSSR count). The number of H-pyrrole nitrogens is 1. The molecule has 1 aromatic heterocycles. The highest BCUT2D eigenvalue weighted by Crippen LogP contribution is 2.44. The lowest BCUT2D eigenvalue weighted by Crippen LogP contribution is -2.41. The Morgan fingerprint density at radius 1 is 1.52 bits per heavy atom. The molecule has 3 N–H and O–H groups in total. The van der Waals surface area contributed by atoms with E-state index in [1.165, 1.54) is 13.1 Å². The van der Waals surface area contributed by atoms with Gasteiger partial charge in [0.15, 0.2) is 0 Å². The van der Waals surface area contributed by atoms with Crippen molar-refractivity contribution in [2.75, 3.05) is 40.8 Å². The van der Waals surface area contributed by atoms with Crippen LogP contribution in [-0.4, -0.2) is 77.6 Å². The summed E-state index contributed by atoms with van der Waals surface area (Å²) in [5.74, 6) is 0. The molecule has 31 heavy (non-hydrogen) atoms. The zero-order valence-electron chi connectivity index (χ0n) is 17.7. The van der Waals surface area contributed by atoms with Crippen LogP contribution in [0.15, 0.2) is 20.9 Å². The van der Waals surface area contributed by atoms with Crippen LogP contribution in [0.4, 0.5) is 4.79 Å². The SMILES string of the molecule is Cc1cn([C@H]2C[C@H](N=[N+]=[N-])[C@@H](COP(=O)(O)C(=O)NCC[N+](C)(C)C)O2)c(=O)[nH]c1=O. The van der Waals surface area contributed by atoms with Crippen molar-refractivity contribution in [3.63, 3.8) is 0 Å². The predicted octanol–water partition coefficient (Wildman–Crippen LogP) is 0.429. The first-order valence-corrected chi connectivity index (χ1v) is 11.0. The fraction of sp³-hybridized carbons (Fsp3) is 0.688. The predicted molar refractivity (Wildman–Crippen MR) is 110 cm³/mol. The summed E-state index contributed by atoms with van der Waals surface area (Å²) < 4.78 is 24.5. The summed E-state index contributed by atoms with van der Waals surface area (Å²) in [6.07, 6.45) is -0.516. The van der Waals surface area contributed by atoms with Crippen LogP contribution < -0.4 is 16.6 Å². The molecule has 1 aliphatic heterocycles. The van der Waals surface area contributed by atoms with Crippen LogP contribution in [0.5, 0.6) is 0 Å². The van der Waals surface area contributed by atoms with E-state index < -0.39 is 49.5 Å². The Kier molecular flexibility index (Phi) is 7.82. The Morgan fingerprint density at radius 3 is 2.81 bits per heavy atom. The highest BCUT2D eigenvalue weighted by molar-refractivity contribution is 7.70. The Morgan fingerprint density at radius 2 is 2.19 bits per heavy atom. The number of aromatic amines is 1. The molecule has 1 fully saturated rings. The number of nitrogens with zero attached hydrogens (tertiary/aromatic N) is 5. The third kappa shape index (κ3) is 6.76. The van der Waals surface area contributed by atoms with Gasteiger partial charge in [-0.25, -0.2) is 9.36 Å². The molecular formula is C16H27N7O7P+. The number of aromatic nitrogens is 2. The van der Waals surface area contributed by atoms with Crippen molar-refractivity contribution in [1.29, 1.82) is 0 Å². The van der Waals surface area contributed by atoms with Crippen LogP contribution >= 0.6 is 7.60 Å². The summed E-state index contributed by atoms with van der Waals surface area (Å²) in [7, 11) is 1.04. The molecule has 0 spiro atoms. The smallest absolute Gasteiger partial charge is 0.352 e. The van der Waals surface area contributed by atoms with Gasteiger partial charge in [0, 0.05) is 23.1 Å². The molecule has 15 heteroatoms. The van der Waals surface area contributed by atoms with Crippen LogP contribution in [0.1, 0.15) is 18.2 Å². The van der Waals surface area contributed by atoms with Crippen molar-refractivity contribution in [2.45, 2.75) is 31.7 Å². The summed E-state index contributed by atoms with van der Waals surface area (Å²) in [4.78, 5) is 50.5. The second kappa shape index (κ2) is 9.77. The number of carbonyl (C=O) groups excluding carboxylic acids is 1. The zero-order valence-corrected chi connectivity index (χ0v) is 18.6. The van der Waals surface area contributed by atoms with E-state index in [4.69, 9.17) is 14.8 Å². The van der Waals surface area contributed by atoms with Crippen LogP contribution in [0.3, 0.4) is 0 Å². The molecule has 1 aliphatic rings. The highest BCUT2D eigenvalue weighted by atomic mass is 31.2. The molecule has 0 saturated carbocycles. The van der Waals surface area contributed by atoms with E-state index in [1.54, 1.807) is 0 Å². The minimum absolute atomic E-state index is 0.0644. The summed E-state index contributed by atoms with van der Waals surface area (Å²) in [5.41, 5.74) is 6.66. The number of rotatable bonds is 9. The fourth-order valence-corrected chi connectivity index (χ4v) is 3.63. The molecule has 1 aromatic rings. The summed E-state index contributed by atoms with van der Waals surface area (Å²) in [5, 5.41) is 5.94. The minimum atomic E-state index is -4.67. The number of aryl methyl sites for hydroxylation is 1. The maximum absolute atomic E-state index is 12.2. The van der Waals surface area contributed by atoms with E-state index in [-0.39, 0.29) is 18.5 Å². The van der Waals surface area contributed by atoms with Gasteiger partial charge >= 0.3 is 18.9 Å². The van der Waals surface area contributed by atoms with E-state index in [0.29, 0.717) is 11.0 Å². The number of nitrogens with one attached hydrogen (secondary N) is 2. The van der Waals surface area contributed by atoms with Gasteiger partial charge in [-0.05, 0) is 12.5 Å². The second-order valence-electron chi connectivity index (χ2n) is 8.18. The molecule has 0 bridgehead atoms. The number of carbonyl (C=O) groups is 1. The highest BCUT2D eigenvalue weighted by Gasteiger charge is 2.39. The van der Waals surface area contributed by atoms with Crippen LogP contribution in [-0.2, 0) is 13.8 Å². The molecule has 1 unspecified atom stereocenters. The lowest BCUT2D eigenvalue weighted by molar-refractivity contribution is -0.869. The van der Waals surface area contributed by atoms with Gasteiger partial charge in [0.2, 0.25) is 0 Å². The van der Waals surface area contributed by atoms with Crippen molar-refractivity contribution in [2.24, 2.45) is 5.11 Å². The molecule has 1 amide bonds. The molecule has 0 aliphatic carbocycles. The Hall–Kier alpha value is -2.47. The summed E-state index contributed by atoms with van der Waals surface area (Å²) >= 11 is 0. The van der Waals surface area contributed by atoms with E-state index >= 15 is 0 Å². The average Bonchev–Trinajstić information content (AvgIpc) is 3.05. The fourth-order valence-electron chi connectivity index (χ4n) is 2.86. The zero-order chi connectivity index (χ0) is 23.4. The summed E-state index contributed by atoms with van der Waals surface area (Å²) in [6, 6.07) is -0.824. The second-order valence-corrected chi connectivity index (χ2v) is 9.88. The number of quaternary nitrogens is 1. The molecule has 14 nitrogen and oxygen atoms in total. The molecule has 2 heterocycles. The Labute approximate surface area is 177 Å². The molecule has 172 valence electrons. The Bertz CT molecular complexity index is 1020. The van der Waals surface area contributed by atoms with Gasteiger partial charge in [-0.2, -0.15) is 0 Å². The van der Waals surface area contributed by atoms with Gasteiger partial charge in [-0.3, -0.25) is 23.7 Å². The first-order chi connectivity index (χ1) is 14.3. The van der Waals surface area contributed by atoms with Gasteiger partial charge in [0.1, 0.15) is 6.23 Å². The number of likely N-dealkylation sites (N-methyl/N-ethyl adjacent to an activating group) is 1. The lowest BCUT2D eigenvalue weighted by Gasteiger charge is -2.24. The monoisotopic (exact) mass is 460 g/mol. The van der Waals surface area contributed by atoms with E-state index in [9.17, 15) is 23.8 Å². The molecule has 0 radical (unpaired) electrons. The topological polar surface area (TPSA) is 188 Å². The summed E-state index contributed by atoms with van der Waals surface area (Å²) in [6.45, 7) is 1.70. The van der Waals surface area contributed by atoms with Crippen molar-refractivity contribution in [3.05, 3.63) is 43.0 Å². The van der Waals surface area contributed by atoms with Crippen LogP contribution in [0.25, 0.3) is 10.4 Å². The molecule has 0 aromatic carbocycles. The maximum atomic E-state index is 12.2. The number of ether oxygens (including phenoxy) is 1. The van der Waals surface area contributed by atoms with E-state index in [2.05, 4.69) is 20.3 Å². The quantitative estimate of drug-likeness (QED) is 0.156. The van der Waals surface area contributed by atoms with Crippen LogP contribution in [0.2, 0.25) is 0 Å². The standard InChI is InChI=1S/C16H26N7O7P/c1-10-8-22(15(25)19-14(10)24)13-7-11(20-21-17)12(30-13)9-29-31(27,28)16(26)18-5-6-23(2,3)4/h8,11-13H,5-7,9H2,1-4H3,(H2-,18,19,24,25,26,27,28)/p+1/t11-,12+,13+/m0/s1. The lowest BCUT2D eigenvalue weighted by atomic mass is 10.1. The third-order valence-electron chi connectivity index (χ3n) is 4.59. The van der Waals surface area contributed by atoms with Gasteiger partial charge < -0.3 is 19.4 Å².